The van der Waals surface area contributed by atoms with E-state index >= 15 is 0 Å². The molecular weight excluding hydrogens is 691 g/mol. The van der Waals surface area contributed by atoms with Crippen molar-refractivity contribution >= 4 is 0 Å². The van der Waals surface area contributed by atoms with Crippen LogP contribution in [0, 0.1) is 116 Å². The summed E-state index contributed by atoms with van der Waals surface area (Å²) < 4.78 is 75.6. The third-order valence-electron chi connectivity index (χ3n) is 9.03. The van der Waals surface area contributed by atoms with Crippen LogP contribution in [0.15, 0.2) is 84.9 Å². The Morgan fingerprint density at radius 2 is 0.556 bits per heavy atom. The zero-order valence-corrected chi connectivity index (χ0v) is 34.3. The highest BCUT2D eigenvalue weighted by atomic mass is 19.2. The zero-order valence-electron chi connectivity index (χ0n) is 34.3. The van der Waals surface area contributed by atoms with E-state index in [1.165, 1.54) is 87.1 Å². The lowest BCUT2D eigenvalue weighted by atomic mass is 9.84. The molecule has 1 saturated carbocycles. The summed E-state index contributed by atoms with van der Waals surface area (Å²) in [5.41, 5.74) is 7.42. The first-order valence-corrected chi connectivity index (χ1v) is 18.5. The van der Waals surface area contributed by atoms with Crippen LogP contribution in [0.25, 0.3) is 0 Å². The molecule has 1 fully saturated rings. The van der Waals surface area contributed by atoms with Gasteiger partial charge in [0, 0.05) is 12.6 Å². The van der Waals surface area contributed by atoms with Gasteiger partial charge in [-0.2, -0.15) is 0 Å². The Bertz CT molecular complexity index is 1680. The first-order chi connectivity index (χ1) is 25.2. The van der Waals surface area contributed by atoms with Crippen LogP contribution >= 0.6 is 0 Å². The quantitative estimate of drug-likeness (QED) is 0.138. The first kappa shape index (κ1) is 47.7. The van der Waals surface area contributed by atoms with Gasteiger partial charge in [0.25, 0.3) is 0 Å². The molecule has 0 aliphatic heterocycles. The molecule has 0 unspecified atom stereocenters. The monoisotopic (exact) mass is 752 g/mol. The molecular formula is C48H62F6. The number of hydrogen-bond donors (Lipinski definition) is 0. The summed E-state index contributed by atoms with van der Waals surface area (Å²) in [6.07, 6.45) is 5.89. The Kier molecular flexibility index (Phi) is 21.3. The summed E-state index contributed by atoms with van der Waals surface area (Å²) in [6, 6.07) is 24.2. The Morgan fingerprint density at radius 3 is 0.778 bits per heavy atom. The van der Waals surface area contributed by atoms with E-state index < -0.39 is 23.3 Å². The summed E-state index contributed by atoms with van der Waals surface area (Å²) >= 11 is 0. The topological polar surface area (TPSA) is 0 Å². The molecule has 0 amide bonds. The molecule has 6 rings (SSSR count). The molecule has 0 bridgehead atoms. The maximum Gasteiger partial charge on any atom is 0.129 e. The highest BCUT2D eigenvalue weighted by molar-refractivity contribution is 5.25. The molecule has 0 spiro atoms. The second-order valence-corrected chi connectivity index (χ2v) is 14.7. The van der Waals surface area contributed by atoms with Gasteiger partial charge in [0.05, 0.1) is 0 Å². The molecule has 54 heavy (non-hydrogen) atoms. The van der Waals surface area contributed by atoms with Crippen molar-refractivity contribution in [3.63, 3.8) is 0 Å². The molecule has 0 nitrogen and oxygen atoms in total. The van der Waals surface area contributed by atoms with E-state index in [-0.39, 0.29) is 24.2 Å². The lowest BCUT2D eigenvalue weighted by Gasteiger charge is -2.22. The molecule has 1 aliphatic carbocycles. The minimum absolute atomic E-state index is 0. The minimum atomic E-state index is -0.475. The van der Waals surface area contributed by atoms with E-state index in [0.29, 0.717) is 22.3 Å². The molecule has 0 N–H and O–H groups in total. The van der Waals surface area contributed by atoms with Crippen molar-refractivity contribution in [1.29, 1.82) is 0 Å². The molecule has 0 aromatic heterocycles. The predicted molar refractivity (Wildman–Crippen MR) is 218 cm³/mol. The van der Waals surface area contributed by atoms with Crippen LogP contribution in [0.2, 0.25) is 0 Å². The van der Waals surface area contributed by atoms with Gasteiger partial charge in [0.15, 0.2) is 0 Å². The normalized spacial score (nSPS) is 14.2. The van der Waals surface area contributed by atoms with E-state index in [1.54, 1.807) is 39.8 Å². The zero-order chi connectivity index (χ0) is 41.1. The predicted octanol–water partition coefficient (Wildman–Crippen LogP) is 15.4. The van der Waals surface area contributed by atoms with Gasteiger partial charge in [0.1, 0.15) is 34.9 Å². The Balaban J connectivity index is 0.000000635. The fourth-order valence-electron chi connectivity index (χ4n) is 5.00. The number of hydrogen-bond acceptors (Lipinski definition) is 0. The van der Waals surface area contributed by atoms with Crippen molar-refractivity contribution in [3.05, 3.63) is 175 Å². The second kappa shape index (κ2) is 24.2. The van der Waals surface area contributed by atoms with Crippen molar-refractivity contribution in [3.8, 4) is 0 Å². The SMILES string of the molecule is CC1CCC(C)CC1.Cc1cc(F)c(C)c(F)c1.Cc1cc(F)c(C)c(F)c1.Cc1ccc(C)c(F)c1.Cc1ccc(C)c(F)c1.Cc1ccc(C)cc1.[HH]. The first-order valence-electron chi connectivity index (χ1n) is 18.5. The van der Waals surface area contributed by atoms with Gasteiger partial charge in [0.2, 0.25) is 0 Å². The summed E-state index contributed by atoms with van der Waals surface area (Å²) in [5.74, 6) is -0.0904. The lowest BCUT2D eigenvalue weighted by Crippen LogP contribution is -2.08. The van der Waals surface area contributed by atoms with Crippen LogP contribution in [0.5, 0.6) is 0 Å². The standard InChI is InChI=1S/2C8H8F2.2C8H9F.C8H16.C8H10.H2/c2*1-5-3-7(9)6(2)8(10)4-5;2*1-6-3-4-7(2)8(9)5-6;2*1-7-3-5-8(2)6-4-7;/h2*3-4H,1-2H3;2*3-5H,1-2H3;7-8H,3-6H2,1-2H3;3-6H,1-2H3;1H. The summed E-state index contributed by atoms with van der Waals surface area (Å²) in [6.45, 7) is 22.4. The van der Waals surface area contributed by atoms with Crippen LogP contribution in [0.4, 0.5) is 26.3 Å². The van der Waals surface area contributed by atoms with Gasteiger partial charge in [-0.25, -0.2) is 26.3 Å². The van der Waals surface area contributed by atoms with E-state index in [1.807, 2.05) is 26.0 Å². The van der Waals surface area contributed by atoms with Gasteiger partial charge >= 0.3 is 0 Å². The third-order valence-corrected chi connectivity index (χ3v) is 9.03. The molecule has 0 radical (unpaired) electrons. The maximum atomic E-state index is 12.6. The summed E-state index contributed by atoms with van der Waals surface area (Å²) in [5, 5.41) is 0. The molecule has 0 atom stereocenters. The summed E-state index contributed by atoms with van der Waals surface area (Å²) in [4.78, 5) is 0. The Labute approximate surface area is 323 Å². The van der Waals surface area contributed by atoms with Crippen molar-refractivity contribution in [2.75, 3.05) is 0 Å². The third kappa shape index (κ3) is 19.1. The molecule has 296 valence electrons. The fraction of sp³-hybridized carbons (Fsp3) is 0.375. The van der Waals surface area contributed by atoms with Gasteiger partial charge in [-0.1, -0.05) is 99.2 Å². The van der Waals surface area contributed by atoms with E-state index in [0.717, 1.165) is 23.0 Å². The van der Waals surface area contributed by atoms with Crippen molar-refractivity contribution in [1.82, 2.24) is 0 Å². The average Bonchev–Trinajstić information content (AvgIpc) is 3.10. The molecule has 5 aromatic rings. The van der Waals surface area contributed by atoms with Crippen LogP contribution < -0.4 is 0 Å². The molecule has 1 aliphatic rings. The maximum absolute atomic E-state index is 12.6. The lowest BCUT2D eigenvalue weighted by molar-refractivity contribution is 0.308. The largest absolute Gasteiger partial charge is 0.207 e. The number of aryl methyl sites for hydroxylation is 8. The van der Waals surface area contributed by atoms with Crippen LogP contribution in [-0.2, 0) is 0 Å². The van der Waals surface area contributed by atoms with Crippen molar-refractivity contribution in [2.24, 2.45) is 11.8 Å². The Hall–Kier alpha value is -4.32. The van der Waals surface area contributed by atoms with Gasteiger partial charge < -0.3 is 0 Å². The average molecular weight is 753 g/mol. The van der Waals surface area contributed by atoms with Gasteiger partial charge in [-0.3, -0.25) is 0 Å². The molecule has 5 aromatic carbocycles. The molecule has 0 saturated heterocycles. The fourth-order valence-corrected chi connectivity index (χ4v) is 5.00. The van der Waals surface area contributed by atoms with Crippen molar-refractivity contribution in [2.45, 2.75) is 109 Å². The highest BCUT2D eigenvalue weighted by Crippen LogP contribution is 2.27. The van der Waals surface area contributed by atoms with Crippen LogP contribution in [0.3, 0.4) is 0 Å². The number of rotatable bonds is 0. The number of halogens is 6. The number of benzene rings is 5. The molecule has 0 heterocycles. The smallest absolute Gasteiger partial charge is 0.129 e. The van der Waals surface area contributed by atoms with Gasteiger partial charge in [-0.15, -0.1) is 0 Å². The minimum Gasteiger partial charge on any atom is -0.207 e. The van der Waals surface area contributed by atoms with Crippen molar-refractivity contribution < 1.29 is 27.8 Å². The highest BCUT2D eigenvalue weighted by Gasteiger charge is 2.13. The van der Waals surface area contributed by atoms with E-state index in [2.05, 4.69) is 52.0 Å². The van der Waals surface area contributed by atoms with Gasteiger partial charge in [-0.05, 0) is 151 Å². The van der Waals surface area contributed by atoms with Crippen LogP contribution in [-0.4, -0.2) is 0 Å². The van der Waals surface area contributed by atoms with E-state index in [4.69, 9.17) is 0 Å². The molecule has 6 heteroatoms. The summed E-state index contributed by atoms with van der Waals surface area (Å²) in [7, 11) is 0. The second-order valence-electron chi connectivity index (χ2n) is 14.7. The van der Waals surface area contributed by atoms with E-state index in [9.17, 15) is 26.3 Å². The Morgan fingerprint density at radius 1 is 0.333 bits per heavy atom. The van der Waals surface area contributed by atoms with Crippen LogP contribution in [0.1, 0.15) is 96.6 Å².